The van der Waals surface area contributed by atoms with E-state index in [-0.39, 0.29) is 29.8 Å². The largest absolute Gasteiger partial charge is 0.282 e. The van der Waals surface area contributed by atoms with E-state index in [1.807, 2.05) is 31.2 Å². The molecule has 0 atom stereocenters. The highest BCUT2D eigenvalue weighted by Gasteiger charge is 2.35. The van der Waals surface area contributed by atoms with Crippen LogP contribution in [0.3, 0.4) is 0 Å². The van der Waals surface area contributed by atoms with Crippen LogP contribution in [0.25, 0.3) is 10.2 Å². The molecular formula is C27H27ClN4O3S2. The molecule has 0 bridgehead atoms. The van der Waals surface area contributed by atoms with Crippen molar-refractivity contribution in [3.8, 4) is 0 Å². The number of rotatable bonds is 6. The number of aryl methyl sites for hydroxylation is 2. The molecule has 2 aromatic heterocycles. The fourth-order valence-corrected chi connectivity index (χ4v) is 7.17. The second-order valence-corrected chi connectivity index (χ2v) is 12.6. The Morgan fingerprint density at radius 3 is 2.49 bits per heavy atom. The van der Waals surface area contributed by atoms with Gasteiger partial charge in [0.1, 0.15) is 0 Å². The average Bonchev–Trinajstić information content (AvgIpc) is 3.35. The van der Waals surface area contributed by atoms with Crippen molar-refractivity contribution in [2.24, 2.45) is 5.92 Å². The molecule has 0 spiro atoms. The summed E-state index contributed by atoms with van der Waals surface area (Å²) in [6.45, 7) is 4.95. The Morgan fingerprint density at radius 1 is 1.08 bits per heavy atom. The van der Waals surface area contributed by atoms with Crippen LogP contribution in [0.4, 0.5) is 5.13 Å². The van der Waals surface area contributed by atoms with Gasteiger partial charge in [-0.05, 0) is 80.3 Å². The Labute approximate surface area is 225 Å². The fraction of sp³-hybridized carbons (Fsp3) is 0.296. The van der Waals surface area contributed by atoms with Crippen LogP contribution < -0.4 is 4.90 Å². The standard InChI is InChI=1S/C27H27ClN4O3S2/c1-18-6-11-24-25(19(18)2)30-27(36-24)32(17-22-5-3-4-14-29-22)26(33)20-12-15-31(16-13-20)37(34,35)23-9-7-21(28)8-10-23/h3-11,14,20H,12-13,15-17H2,1-2H3. The number of fused-ring (bicyclic) bond motifs is 1. The predicted octanol–water partition coefficient (Wildman–Crippen LogP) is 5.60. The molecule has 5 rings (SSSR count). The molecule has 1 aliphatic rings. The molecular weight excluding hydrogens is 528 g/mol. The Morgan fingerprint density at radius 2 is 1.81 bits per heavy atom. The Hall–Kier alpha value is -2.85. The van der Waals surface area contributed by atoms with Crippen molar-refractivity contribution >= 4 is 54.2 Å². The van der Waals surface area contributed by atoms with E-state index < -0.39 is 10.0 Å². The number of carbonyl (C=O) groups is 1. The lowest BCUT2D eigenvalue weighted by atomic mass is 9.96. The monoisotopic (exact) mass is 554 g/mol. The zero-order valence-corrected chi connectivity index (χ0v) is 23.0. The van der Waals surface area contributed by atoms with Crippen molar-refractivity contribution in [2.75, 3.05) is 18.0 Å². The molecule has 0 aliphatic carbocycles. The number of halogens is 1. The first-order valence-corrected chi connectivity index (χ1v) is 14.7. The maximum Gasteiger partial charge on any atom is 0.243 e. The number of hydrogen-bond acceptors (Lipinski definition) is 6. The highest BCUT2D eigenvalue weighted by atomic mass is 35.5. The summed E-state index contributed by atoms with van der Waals surface area (Å²) in [5.41, 5.74) is 3.93. The van der Waals surface area contributed by atoms with E-state index in [9.17, 15) is 13.2 Å². The molecule has 0 saturated carbocycles. The lowest BCUT2D eigenvalue weighted by molar-refractivity contribution is -0.123. The third-order valence-electron chi connectivity index (χ3n) is 6.87. The summed E-state index contributed by atoms with van der Waals surface area (Å²) < 4.78 is 28.7. The van der Waals surface area contributed by atoms with E-state index in [1.165, 1.54) is 27.8 Å². The lowest BCUT2D eigenvalue weighted by Gasteiger charge is -2.33. The van der Waals surface area contributed by atoms with Gasteiger partial charge in [0, 0.05) is 30.2 Å². The van der Waals surface area contributed by atoms with E-state index in [1.54, 1.807) is 23.2 Å². The maximum atomic E-state index is 13.9. The van der Waals surface area contributed by atoms with Crippen LogP contribution >= 0.6 is 22.9 Å². The van der Waals surface area contributed by atoms with Crippen LogP contribution in [-0.4, -0.2) is 41.7 Å². The number of pyridine rings is 1. The first kappa shape index (κ1) is 25.8. The molecule has 2 aromatic carbocycles. The minimum Gasteiger partial charge on any atom is -0.282 e. The van der Waals surface area contributed by atoms with Gasteiger partial charge in [-0.3, -0.25) is 14.7 Å². The summed E-state index contributed by atoms with van der Waals surface area (Å²) in [5.74, 6) is -0.363. The van der Waals surface area contributed by atoms with Crippen molar-refractivity contribution in [3.63, 3.8) is 0 Å². The fourth-order valence-electron chi connectivity index (χ4n) is 4.54. The van der Waals surface area contributed by atoms with E-state index >= 15 is 0 Å². The van der Waals surface area contributed by atoms with Crippen molar-refractivity contribution in [1.29, 1.82) is 0 Å². The molecule has 37 heavy (non-hydrogen) atoms. The Bertz CT molecular complexity index is 1530. The SMILES string of the molecule is Cc1ccc2sc(N(Cc3ccccn3)C(=O)C3CCN(S(=O)(=O)c4ccc(Cl)cc4)CC3)nc2c1C. The molecule has 0 radical (unpaired) electrons. The molecule has 0 N–H and O–H groups in total. The average molecular weight is 555 g/mol. The van der Waals surface area contributed by atoms with Crippen LogP contribution in [0.15, 0.2) is 65.7 Å². The summed E-state index contributed by atoms with van der Waals surface area (Å²) in [5, 5.41) is 1.12. The van der Waals surface area contributed by atoms with E-state index in [0.717, 1.165) is 27.0 Å². The normalized spacial score (nSPS) is 15.2. The van der Waals surface area contributed by atoms with Gasteiger partial charge in [0.05, 0.1) is 27.4 Å². The summed E-state index contributed by atoms with van der Waals surface area (Å²) >= 11 is 7.41. The maximum absolute atomic E-state index is 13.9. The predicted molar refractivity (Wildman–Crippen MR) is 147 cm³/mol. The van der Waals surface area contributed by atoms with Gasteiger partial charge in [0.2, 0.25) is 15.9 Å². The van der Waals surface area contributed by atoms with Crippen LogP contribution in [0.2, 0.25) is 5.02 Å². The number of sulfonamides is 1. The van der Waals surface area contributed by atoms with Crippen molar-refractivity contribution < 1.29 is 13.2 Å². The molecule has 4 aromatic rings. The first-order valence-electron chi connectivity index (χ1n) is 12.1. The highest BCUT2D eigenvalue weighted by Crippen LogP contribution is 2.35. The van der Waals surface area contributed by atoms with Gasteiger partial charge >= 0.3 is 0 Å². The smallest absolute Gasteiger partial charge is 0.243 e. The quantitative estimate of drug-likeness (QED) is 0.310. The molecule has 3 heterocycles. The van der Waals surface area contributed by atoms with Crippen LogP contribution in [0, 0.1) is 19.8 Å². The number of nitrogens with zero attached hydrogens (tertiary/aromatic N) is 4. The number of thiazole rings is 1. The van der Waals surface area contributed by atoms with Gasteiger partial charge in [-0.2, -0.15) is 4.31 Å². The van der Waals surface area contributed by atoms with E-state index in [0.29, 0.717) is 29.5 Å². The summed E-state index contributed by atoms with van der Waals surface area (Å²) in [6, 6.07) is 15.9. The van der Waals surface area contributed by atoms with Gasteiger partial charge in [0.15, 0.2) is 5.13 Å². The number of anilines is 1. The zero-order chi connectivity index (χ0) is 26.2. The van der Waals surface area contributed by atoms with Crippen molar-refractivity contribution in [2.45, 2.75) is 38.1 Å². The minimum atomic E-state index is -3.65. The zero-order valence-electron chi connectivity index (χ0n) is 20.6. The molecule has 1 aliphatic heterocycles. The summed E-state index contributed by atoms with van der Waals surface area (Å²) in [7, 11) is -3.65. The van der Waals surface area contributed by atoms with Crippen LogP contribution in [0.5, 0.6) is 0 Å². The molecule has 1 saturated heterocycles. The second-order valence-electron chi connectivity index (χ2n) is 9.23. The van der Waals surface area contributed by atoms with Crippen LogP contribution in [-0.2, 0) is 21.4 Å². The van der Waals surface area contributed by atoms with Gasteiger partial charge < -0.3 is 0 Å². The van der Waals surface area contributed by atoms with Crippen molar-refractivity contribution in [3.05, 3.63) is 82.6 Å². The van der Waals surface area contributed by atoms with Crippen LogP contribution in [0.1, 0.15) is 29.7 Å². The first-order chi connectivity index (χ1) is 17.7. The molecule has 10 heteroatoms. The lowest BCUT2D eigenvalue weighted by Crippen LogP contribution is -2.44. The van der Waals surface area contributed by atoms with Gasteiger partial charge in [-0.15, -0.1) is 0 Å². The molecule has 1 amide bonds. The van der Waals surface area contributed by atoms with Gasteiger partial charge in [0.25, 0.3) is 0 Å². The number of benzene rings is 2. The third kappa shape index (κ3) is 5.27. The van der Waals surface area contributed by atoms with Gasteiger partial charge in [-0.1, -0.05) is 35.1 Å². The Kier molecular flexibility index (Phi) is 7.31. The number of aromatic nitrogens is 2. The highest BCUT2D eigenvalue weighted by molar-refractivity contribution is 7.89. The van der Waals surface area contributed by atoms with Crippen molar-refractivity contribution in [1.82, 2.24) is 14.3 Å². The minimum absolute atomic E-state index is 0.0531. The number of amides is 1. The third-order valence-corrected chi connectivity index (χ3v) is 10.1. The second kappa shape index (κ2) is 10.5. The summed E-state index contributed by atoms with van der Waals surface area (Å²) in [4.78, 5) is 25.1. The number of hydrogen-bond donors (Lipinski definition) is 0. The van der Waals surface area contributed by atoms with E-state index in [4.69, 9.17) is 16.6 Å². The number of piperidine rings is 1. The Balaban J connectivity index is 1.39. The molecule has 192 valence electrons. The molecule has 1 fully saturated rings. The van der Waals surface area contributed by atoms with E-state index in [2.05, 4.69) is 18.0 Å². The molecule has 0 unspecified atom stereocenters. The topological polar surface area (TPSA) is 83.5 Å². The van der Waals surface area contributed by atoms with Gasteiger partial charge in [-0.25, -0.2) is 13.4 Å². The summed E-state index contributed by atoms with van der Waals surface area (Å²) in [6.07, 6.45) is 2.59. The number of carbonyl (C=O) groups excluding carboxylic acids is 1. The molecule has 7 nitrogen and oxygen atoms in total.